The molecule has 3 N–H and O–H groups in total. The smallest absolute Gasteiger partial charge is 0.163 e. The number of aromatic nitrogens is 2. The minimum absolute atomic E-state index is 0.0243. The predicted molar refractivity (Wildman–Crippen MR) is 66.7 cm³/mol. The van der Waals surface area contributed by atoms with Gasteiger partial charge in [0.15, 0.2) is 11.5 Å². The number of nitrogens with two attached hydrogens (primary N) is 1. The summed E-state index contributed by atoms with van der Waals surface area (Å²) in [5.41, 5.74) is 8.02. The summed E-state index contributed by atoms with van der Waals surface area (Å²) < 4.78 is 11.1. The number of rotatable bonds is 2. The lowest BCUT2D eigenvalue weighted by atomic mass is 10.2. The maximum Gasteiger partial charge on any atom is 0.163 e. The fourth-order valence-electron chi connectivity index (χ4n) is 2.40. The first kappa shape index (κ1) is 10.2. The molecule has 0 radical (unpaired) electrons. The topological polar surface area (TPSA) is 73.2 Å². The van der Waals surface area contributed by atoms with Gasteiger partial charge < -0.3 is 20.2 Å². The molecule has 94 valence electrons. The first-order valence-corrected chi connectivity index (χ1v) is 6.36. The third-order valence-corrected chi connectivity index (χ3v) is 3.61. The van der Waals surface area contributed by atoms with Crippen molar-refractivity contribution >= 4 is 11.0 Å². The SMILES string of the molecule is NC(c1nc2cc3c(cc2[nH]1)OCCO3)C1CC1. The van der Waals surface area contributed by atoms with Gasteiger partial charge in [-0.25, -0.2) is 4.98 Å². The standard InChI is InChI=1S/C13H15N3O2/c14-12(7-1-2-7)13-15-8-5-10-11(6-9(8)16-13)18-4-3-17-10/h5-7,12H,1-4,14H2,(H,15,16). The van der Waals surface area contributed by atoms with Gasteiger partial charge in [0.25, 0.3) is 0 Å². The highest BCUT2D eigenvalue weighted by molar-refractivity contribution is 5.80. The number of hydrogen-bond donors (Lipinski definition) is 2. The molecule has 2 aromatic rings. The number of benzene rings is 1. The van der Waals surface area contributed by atoms with Gasteiger partial charge in [0.05, 0.1) is 17.1 Å². The molecule has 2 heterocycles. The highest BCUT2D eigenvalue weighted by Crippen LogP contribution is 2.40. The lowest BCUT2D eigenvalue weighted by Crippen LogP contribution is -2.15. The van der Waals surface area contributed by atoms with Crippen molar-refractivity contribution in [2.75, 3.05) is 13.2 Å². The van der Waals surface area contributed by atoms with E-state index >= 15 is 0 Å². The fraction of sp³-hybridized carbons (Fsp3) is 0.462. The van der Waals surface area contributed by atoms with Crippen LogP contribution in [0.1, 0.15) is 24.7 Å². The van der Waals surface area contributed by atoms with E-state index in [9.17, 15) is 0 Å². The number of aromatic amines is 1. The molecule has 0 spiro atoms. The van der Waals surface area contributed by atoms with Gasteiger partial charge in [-0.15, -0.1) is 0 Å². The number of ether oxygens (including phenoxy) is 2. The Hall–Kier alpha value is -1.75. The summed E-state index contributed by atoms with van der Waals surface area (Å²) in [6.45, 7) is 1.19. The van der Waals surface area contributed by atoms with E-state index in [1.54, 1.807) is 0 Å². The summed E-state index contributed by atoms with van der Waals surface area (Å²) in [5, 5.41) is 0. The molecule has 1 atom stereocenters. The number of nitrogens with one attached hydrogen (secondary N) is 1. The summed E-state index contributed by atoms with van der Waals surface area (Å²) in [4.78, 5) is 7.86. The van der Waals surface area contributed by atoms with Crippen LogP contribution in [0.4, 0.5) is 0 Å². The summed E-state index contributed by atoms with van der Waals surface area (Å²) in [7, 11) is 0. The summed E-state index contributed by atoms with van der Waals surface area (Å²) >= 11 is 0. The molecule has 1 aliphatic heterocycles. The van der Waals surface area contributed by atoms with Gasteiger partial charge in [0.1, 0.15) is 19.0 Å². The van der Waals surface area contributed by atoms with Gasteiger partial charge in [-0.1, -0.05) is 0 Å². The Balaban J connectivity index is 1.79. The largest absolute Gasteiger partial charge is 0.486 e. The molecule has 2 aliphatic rings. The van der Waals surface area contributed by atoms with E-state index in [2.05, 4.69) is 9.97 Å². The first-order valence-electron chi connectivity index (χ1n) is 6.36. The van der Waals surface area contributed by atoms with Gasteiger partial charge in [0.2, 0.25) is 0 Å². The van der Waals surface area contributed by atoms with Crippen molar-refractivity contribution in [1.29, 1.82) is 0 Å². The van der Waals surface area contributed by atoms with Gasteiger partial charge in [0, 0.05) is 12.1 Å². The van der Waals surface area contributed by atoms with Crippen LogP contribution < -0.4 is 15.2 Å². The summed E-state index contributed by atoms with van der Waals surface area (Å²) in [6.07, 6.45) is 2.42. The molecule has 1 unspecified atom stereocenters. The van der Waals surface area contributed by atoms with Crippen LogP contribution in [-0.2, 0) is 0 Å². The van der Waals surface area contributed by atoms with Crippen molar-refractivity contribution in [3.05, 3.63) is 18.0 Å². The van der Waals surface area contributed by atoms with Gasteiger partial charge >= 0.3 is 0 Å². The fourth-order valence-corrected chi connectivity index (χ4v) is 2.40. The van der Waals surface area contributed by atoms with Crippen molar-refractivity contribution in [1.82, 2.24) is 9.97 Å². The van der Waals surface area contributed by atoms with Crippen molar-refractivity contribution < 1.29 is 9.47 Å². The molecule has 1 aliphatic carbocycles. The lowest BCUT2D eigenvalue weighted by Gasteiger charge is -2.17. The van der Waals surface area contributed by atoms with Gasteiger partial charge in [-0.3, -0.25) is 0 Å². The van der Waals surface area contributed by atoms with Gasteiger partial charge in [-0.2, -0.15) is 0 Å². The lowest BCUT2D eigenvalue weighted by molar-refractivity contribution is 0.172. The van der Waals surface area contributed by atoms with Crippen LogP contribution in [-0.4, -0.2) is 23.2 Å². The average Bonchev–Trinajstić information content (AvgIpc) is 3.15. The quantitative estimate of drug-likeness (QED) is 0.845. The van der Waals surface area contributed by atoms with E-state index in [4.69, 9.17) is 15.2 Å². The summed E-state index contributed by atoms with van der Waals surface area (Å²) in [6, 6.07) is 3.89. The Labute approximate surface area is 104 Å². The Morgan fingerprint density at radius 1 is 1.22 bits per heavy atom. The monoisotopic (exact) mass is 245 g/mol. The second-order valence-electron chi connectivity index (χ2n) is 5.00. The van der Waals surface area contributed by atoms with Crippen molar-refractivity contribution in [3.8, 4) is 11.5 Å². The minimum Gasteiger partial charge on any atom is -0.486 e. The van der Waals surface area contributed by atoms with Crippen molar-refractivity contribution in [2.45, 2.75) is 18.9 Å². The zero-order chi connectivity index (χ0) is 12.1. The molecule has 0 amide bonds. The molecule has 5 heteroatoms. The molecule has 1 saturated carbocycles. The van der Waals surface area contributed by atoms with Crippen LogP contribution in [0.3, 0.4) is 0 Å². The number of H-pyrrole nitrogens is 1. The molecular formula is C13H15N3O2. The number of fused-ring (bicyclic) bond motifs is 2. The van der Waals surface area contributed by atoms with Crippen LogP contribution in [0.5, 0.6) is 11.5 Å². The number of hydrogen-bond acceptors (Lipinski definition) is 4. The van der Waals surface area contributed by atoms with Crippen molar-refractivity contribution in [3.63, 3.8) is 0 Å². The van der Waals surface area contributed by atoms with E-state index in [1.165, 1.54) is 12.8 Å². The Bertz CT molecular complexity index is 561. The molecular weight excluding hydrogens is 230 g/mol. The zero-order valence-corrected chi connectivity index (χ0v) is 9.98. The highest BCUT2D eigenvalue weighted by Gasteiger charge is 2.31. The van der Waals surface area contributed by atoms with Gasteiger partial charge in [-0.05, 0) is 18.8 Å². The molecule has 5 nitrogen and oxygen atoms in total. The minimum atomic E-state index is 0.0243. The molecule has 1 fully saturated rings. The predicted octanol–water partition coefficient (Wildman–Crippen LogP) is 1.74. The van der Waals surface area contributed by atoms with Crippen LogP contribution in [0.15, 0.2) is 12.1 Å². The maximum atomic E-state index is 6.16. The normalized spacial score (nSPS) is 20.1. The van der Waals surface area contributed by atoms with E-state index in [0.29, 0.717) is 19.1 Å². The third-order valence-electron chi connectivity index (χ3n) is 3.61. The Kier molecular flexibility index (Phi) is 2.05. The zero-order valence-electron chi connectivity index (χ0n) is 9.98. The Morgan fingerprint density at radius 2 is 1.94 bits per heavy atom. The van der Waals surface area contributed by atoms with Crippen LogP contribution in [0, 0.1) is 5.92 Å². The Morgan fingerprint density at radius 3 is 2.67 bits per heavy atom. The number of nitrogens with zero attached hydrogens (tertiary/aromatic N) is 1. The molecule has 1 aromatic carbocycles. The first-order chi connectivity index (χ1) is 8.81. The second-order valence-corrected chi connectivity index (χ2v) is 5.00. The molecule has 0 saturated heterocycles. The van der Waals surface area contributed by atoms with Crippen LogP contribution in [0.2, 0.25) is 0 Å². The number of imidazole rings is 1. The third kappa shape index (κ3) is 1.54. The molecule has 18 heavy (non-hydrogen) atoms. The van der Waals surface area contributed by atoms with E-state index in [-0.39, 0.29) is 6.04 Å². The van der Waals surface area contributed by atoms with Crippen LogP contribution in [0.25, 0.3) is 11.0 Å². The molecule has 0 bridgehead atoms. The van der Waals surface area contributed by atoms with E-state index < -0.39 is 0 Å². The summed E-state index contributed by atoms with van der Waals surface area (Å²) in [5.74, 6) is 3.01. The van der Waals surface area contributed by atoms with Crippen molar-refractivity contribution in [2.24, 2.45) is 11.7 Å². The second kappa shape index (κ2) is 3.62. The van der Waals surface area contributed by atoms with E-state index in [0.717, 1.165) is 28.4 Å². The van der Waals surface area contributed by atoms with E-state index in [1.807, 2.05) is 12.1 Å². The highest BCUT2D eigenvalue weighted by atomic mass is 16.6. The van der Waals surface area contributed by atoms with Crippen LogP contribution >= 0.6 is 0 Å². The molecule has 1 aromatic heterocycles. The maximum absolute atomic E-state index is 6.16. The average molecular weight is 245 g/mol. The molecule has 4 rings (SSSR count).